The van der Waals surface area contributed by atoms with Crippen molar-refractivity contribution in [1.82, 2.24) is 25.0 Å². The molecule has 0 radical (unpaired) electrons. The molecule has 0 aliphatic carbocycles. The van der Waals surface area contributed by atoms with E-state index in [1.807, 2.05) is 31.2 Å². The molecule has 0 spiro atoms. The molecule has 0 aliphatic rings. The lowest BCUT2D eigenvalue weighted by Crippen LogP contribution is -1.96. The van der Waals surface area contributed by atoms with Crippen LogP contribution in [0.15, 0.2) is 24.3 Å². The summed E-state index contributed by atoms with van der Waals surface area (Å²) in [6.07, 6.45) is 0. The van der Waals surface area contributed by atoms with Gasteiger partial charge in [0.05, 0.1) is 16.7 Å². The van der Waals surface area contributed by atoms with Crippen LogP contribution in [0.3, 0.4) is 0 Å². The van der Waals surface area contributed by atoms with Gasteiger partial charge in [-0.1, -0.05) is 12.1 Å². The minimum Gasteiger partial charge on any atom is -0.247 e. The van der Waals surface area contributed by atoms with Gasteiger partial charge in [0, 0.05) is 0 Å². The summed E-state index contributed by atoms with van der Waals surface area (Å²) in [4.78, 5) is 4.41. The number of nitrogens with zero attached hydrogens (tertiary/aromatic N) is 5. The van der Waals surface area contributed by atoms with Crippen molar-refractivity contribution >= 4 is 16.7 Å². The van der Waals surface area contributed by atoms with Crippen LogP contribution in [-0.4, -0.2) is 25.0 Å². The molecule has 0 aliphatic heterocycles. The molecule has 14 heavy (non-hydrogen) atoms. The Kier molecular flexibility index (Phi) is 1.30. The van der Waals surface area contributed by atoms with Crippen molar-refractivity contribution in [2.45, 2.75) is 6.92 Å². The van der Waals surface area contributed by atoms with Gasteiger partial charge in [-0.2, -0.15) is 4.52 Å². The van der Waals surface area contributed by atoms with Gasteiger partial charge in [-0.25, -0.2) is 4.98 Å². The van der Waals surface area contributed by atoms with E-state index < -0.39 is 0 Å². The zero-order valence-electron chi connectivity index (χ0n) is 7.55. The van der Waals surface area contributed by atoms with Gasteiger partial charge in [0.15, 0.2) is 0 Å². The molecule has 0 amide bonds. The van der Waals surface area contributed by atoms with Crippen molar-refractivity contribution in [2.75, 3.05) is 0 Å². The Hall–Kier alpha value is -2.04. The summed E-state index contributed by atoms with van der Waals surface area (Å²) in [6.45, 7) is 1.90. The molecule has 0 unspecified atom stereocenters. The lowest BCUT2D eigenvalue weighted by atomic mass is 10.3. The maximum absolute atomic E-state index is 4.41. The minimum absolute atomic E-state index is 0.712. The molecule has 0 fully saturated rings. The summed E-state index contributed by atoms with van der Waals surface area (Å²) in [6, 6.07) is 7.79. The fraction of sp³-hybridized carbons (Fsp3) is 0.111. The molecule has 5 heteroatoms. The summed E-state index contributed by atoms with van der Waals surface area (Å²) >= 11 is 0. The molecule has 1 aromatic carbocycles. The predicted octanol–water partition coefficient (Wildman–Crippen LogP) is 0.981. The van der Waals surface area contributed by atoms with E-state index in [-0.39, 0.29) is 0 Å². The van der Waals surface area contributed by atoms with Crippen LogP contribution in [-0.2, 0) is 0 Å². The second kappa shape index (κ2) is 2.47. The first-order valence-corrected chi connectivity index (χ1v) is 4.30. The summed E-state index contributed by atoms with van der Waals surface area (Å²) in [7, 11) is 0. The molecule has 0 saturated carbocycles. The second-order valence-electron chi connectivity index (χ2n) is 3.10. The van der Waals surface area contributed by atoms with Crippen molar-refractivity contribution in [2.24, 2.45) is 0 Å². The Morgan fingerprint density at radius 2 is 2.07 bits per heavy atom. The van der Waals surface area contributed by atoms with Gasteiger partial charge >= 0.3 is 0 Å². The highest BCUT2D eigenvalue weighted by Gasteiger charge is 2.06. The number of tetrazole rings is 1. The summed E-state index contributed by atoms with van der Waals surface area (Å²) in [5.41, 5.74) is 3.39. The van der Waals surface area contributed by atoms with Gasteiger partial charge in [-0.3, -0.25) is 0 Å². The van der Waals surface area contributed by atoms with Crippen molar-refractivity contribution in [1.29, 1.82) is 0 Å². The second-order valence-corrected chi connectivity index (χ2v) is 3.10. The van der Waals surface area contributed by atoms with Crippen LogP contribution in [0.4, 0.5) is 0 Å². The fourth-order valence-corrected chi connectivity index (χ4v) is 1.54. The van der Waals surface area contributed by atoms with Crippen LogP contribution in [0.2, 0.25) is 0 Å². The molecular formula is C9H7N5. The van der Waals surface area contributed by atoms with Gasteiger partial charge < -0.3 is 0 Å². The van der Waals surface area contributed by atoms with E-state index in [0.29, 0.717) is 5.65 Å². The number of hydrogen-bond acceptors (Lipinski definition) is 4. The maximum atomic E-state index is 4.41. The van der Waals surface area contributed by atoms with Crippen molar-refractivity contribution in [3.63, 3.8) is 0 Å². The first-order chi connectivity index (χ1) is 6.86. The molecule has 3 rings (SSSR count). The molecule has 3 aromatic rings. The molecule has 2 aromatic heterocycles. The van der Waals surface area contributed by atoms with Crippen molar-refractivity contribution < 1.29 is 0 Å². The highest BCUT2D eigenvalue weighted by molar-refractivity contribution is 5.77. The number of para-hydroxylation sites is 2. The fourth-order valence-electron chi connectivity index (χ4n) is 1.54. The SMILES string of the molecule is Cc1nc2ccccc2n2nnnc12. The van der Waals surface area contributed by atoms with E-state index in [1.54, 1.807) is 4.52 Å². The molecule has 0 saturated heterocycles. The van der Waals surface area contributed by atoms with Gasteiger partial charge in [0.2, 0.25) is 5.65 Å². The highest BCUT2D eigenvalue weighted by Crippen LogP contribution is 2.13. The Bertz CT molecular complexity index is 613. The quantitative estimate of drug-likeness (QED) is 0.524. The lowest BCUT2D eigenvalue weighted by Gasteiger charge is -2.00. The molecule has 0 atom stereocenters. The number of hydrogen-bond donors (Lipinski definition) is 0. The first kappa shape index (κ1) is 7.37. The van der Waals surface area contributed by atoms with Crippen LogP contribution in [0.5, 0.6) is 0 Å². The summed E-state index contributed by atoms with van der Waals surface area (Å²) < 4.78 is 1.71. The van der Waals surface area contributed by atoms with Gasteiger partial charge in [-0.15, -0.1) is 5.10 Å². The van der Waals surface area contributed by atoms with Gasteiger partial charge in [-0.05, 0) is 29.5 Å². The zero-order chi connectivity index (χ0) is 9.54. The Morgan fingerprint density at radius 1 is 1.21 bits per heavy atom. The third kappa shape index (κ3) is 0.834. The summed E-state index contributed by atoms with van der Waals surface area (Å²) in [5, 5.41) is 11.5. The van der Waals surface area contributed by atoms with Gasteiger partial charge in [0.25, 0.3) is 0 Å². The lowest BCUT2D eigenvalue weighted by molar-refractivity contribution is 0.840. The smallest absolute Gasteiger partial charge is 0.201 e. The van der Waals surface area contributed by atoms with Crippen molar-refractivity contribution in [3.8, 4) is 0 Å². The average molecular weight is 185 g/mol. The number of benzene rings is 1. The number of fused-ring (bicyclic) bond motifs is 3. The van der Waals surface area contributed by atoms with Crippen LogP contribution in [0, 0.1) is 6.92 Å². The standard InChI is InChI=1S/C9H7N5/c1-6-9-11-12-13-14(9)8-5-3-2-4-7(8)10-6/h2-5H,1H3. The molecular weight excluding hydrogens is 178 g/mol. The normalized spacial score (nSPS) is 11.2. The summed E-state index contributed by atoms with van der Waals surface area (Å²) in [5.74, 6) is 0. The third-order valence-electron chi connectivity index (χ3n) is 2.19. The number of rotatable bonds is 0. The third-order valence-corrected chi connectivity index (χ3v) is 2.19. The molecule has 68 valence electrons. The first-order valence-electron chi connectivity index (χ1n) is 4.30. The minimum atomic E-state index is 0.712. The Morgan fingerprint density at radius 3 is 3.00 bits per heavy atom. The Balaban J connectivity index is 2.66. The maximum Gasteiger partial charge on any atom is 0.201 e. The zero-order valence-corrected chi connectivity index (χ0v) is 7.55. The van der Waals surface area contributed by atoms with Crippen molar-refractivity contribution in [3.05, 3.63) is 30.0 Å². The van der Waals surface area contributed by atoms with Crippen LogP contribution < -0.4 is 0 Å². The van der Waals surface area contributed by atoms with E-state index in [4.69, 9.17) is 0 Å². The average Bonchev–Trinajstić information content (AvgIpc) is 2.67. The molecule has 0 bridgehead atoms. The van der Waals surface area contributed by atoms with E-state index >= 15 is 0 Å². The van der Waals surface area contributed by atoms with E-state index in [0.717, 1.165) is 16.7 Å². The largest absolute Gasteiger partial charge is 0.247 e. The highest BCUT2D eigenvalue weighted by atomic mass is 15.5. The number of aromatic nitrogens is 5. The topological polar surface area (TPSA) is 56.0 Å². The van der Waals surface area contributed by atoms with E-state index in [2.05, 4.69) is 20.5 Å². The number of aryl methyl sites for hydroxylation is 1. The molecule has 0 N–H and O–H groups in total. The molecule has 2 heterocycles. The Labute approximate surface area is 79.4 Å². The predicted molar refractivity (Wildman–Crippen MR) is 50.8 cm³/mol. The van der Waals surface area contributed by atoms with E-state index in [1.165, 1.54) is 0 Å². The van der Waals surface area contributed by atoms with Gasteiger partial charge in [0.1, 0.15) is 0 Å². The van der Waals surface area contributed by atoms with Crippen LogP contribution >= 0.6 is 0 Å². The van der Waals surface area contributed by atoms with Crippen LogP contribution in [0.1, 0.15) is 5.69 Å². The monoisotopic (exact) mass is 185 g/mol. The van der Waals surface area contributed by atoms with Crippen LogP contribution in [0.25, 0.3) is 16.7 Å². The molecule has 5 nitrogen and oxygen atoms in total. The van der Waals surface area contributed by atoms with E-state index in [9.17, 15) is 0 Å².